The van der Waals surface area contributed by atoms with Crippen LogP contribution >= 0.6 is 23.1 Å². The van der Waals surface area contributed by atoms with Gasteiger partial charge >= 0.3 is 5.69 Å². The number of carbonyl (C=O) groups excluding carboxylic acids is 1. The smallest absolute Gasteiger partial charge is 0.301 e. The fraction of sp³-hybridized carbons (Fsp3) is 0.227. The summed E-state index contributed by atoms with van der Waals surface area (Å²) in [4.78, 5) is 38.1. The van der Waals surface area contributed by atoms with Gasteiger partial charge in [0.25, 0.3) is 0 Å². The number of para-hydroxylation sites is 1. The predicted molar refractivity (Wildman–Crippen MR) is 123 cm³/mol. The second kappa shape index (κ2) is 8.60. The number of thioether (sulfide) groups is 1. The van der Waals surface area contributed by atoms with Crippen LogP contribution < -0.4 is 11.0 Å². The monoisotopic (exact) mass is 449 g/mol. The molecule has 3 aromatic heterocycles. The topological polar surface area (TPSA) is 89.8 Å². The van der Waals surface area contributed by atoms with E-state index in [1.54, 1.807) is 17.0 Å². The highest BCUT2D eigenvalue weighted by Crippen LogP contribution is 2.30. The van der Waals surface area contributed by atoms with Crippen molar-refractivity contribution in [1.82, 2.24) is 19.5 Å². The second-order valence-electron chi connectivity index (χ2n) is 7.25. The Bertz CT molecular complexity index is 1280. The molecule has 0 spiro atoms. The Labute approximate surface area is 186 Å². The summed E-state index contributed by atoms with van der Waals surface area (Å²) in [7, 11) is 0. The first-order valence-electron chi connectivity index (χ1n) is 9.97. The molecule has 0 bridgehead atoms. The first kappa shape index (κ1) is 19.9. The fourth-order valence-electron chi connectivity index (χ4n) is 3.76. The van der Waals surface area contributed by atoms with E-state index in [1.165, 1.54) is 23.1 Å². The van der Waals surface area contributed by atoms with Crippen molar-refractivity contribution in [2.24, 2.45) is 0 Å². The van der Waals surface area contributed by atoms with Gasteiger partial charge in [0.05, 0.1) is 22.5 Å². The number of aromatic nitrogens is 4. The van der Waals surface area contributed by atoms with Crippen molar-refractivity contribution in [3.8, 4) is 0 Å². The molecule has 1 N–H and O–H groups in total. The van der Waals surface area contributed by atoms with Crippen molar-refractivity contribution in [1.29, 1.82) is 0 Å². The Balaban J connectivity index is 1.31. The lowest BCUT2D eigenvalue weighted by Gasteiger charge is -2.14. The van der Waals surface area contributed by atoms with Gasteiger partial charge in [-0.1, -0.05) is 41.3 Å². The van der Waals surface area contributed by atoms with Crippen LogP contribution in [0.4, 0.5) is 5.13 Å². The van der Waals surface area contributed by atoms with Gasteiger partial charge in [-0.25, -0.2) is 9.78 Å². The van der Waals surface area contributed by atoms with Crippen molar-refractivity contribution < 1.29 is 4.79 Å². The van der Waals surface area contributed by atoms with Crippen molar-refractivity contribution >= 4 is 44.4 Å². The highest BCUT2D eigenvalue weighted by atomic mass is 32.2. The number of pyridine rings is 1. The normalized spacial score (nSPS) is 12.8. The van der Waals surface area contributed by atoms with E-state index in [0.717, 1.165) is 46.3 Å². The SMILES string of the molecule is O=C(CSc1nc(=O)n(Cc2cccnc2)c2c1CCC2)Nc1nc2ccccc2s1. The quantitative estimate of drug-likeness (QED) is 0.358. The predicted octanol–water partition coefficient (Wildman–Crippen LogP) is 3.52. The Morgan fingerprint density at radius 3 is 2.90 bits per heavy atom. The third-order valence-corrected chi connectivity index (χ3v) is 7.11. The minimum Gasteiger partial charge on any atom is -0.301 e. The zero-order chi connectivity index (χ0) is 21.2. The van der Waals surface area contributed by atoms with E-state index in [-0.39, 0.29) is 17.3 Å². The molecule has 1 amide bonds. The summed E-state index contributed by atoms with van der Waals surface area (Å²) in [5, 5.41) is 4.10. The zero-order valence-corrected chi connectivity index (χ0v) is 18.2. The molecule has 0 radical (unpaired) electrons. The number of thiazole rings is 1. The first-order chi connectivity index (χ1) is 15.2. The van der Waals surface area contributed by atoms with Gasteiger partial charge in [0.2, 0.25) is 5.91 Å². The van der Waals surface area contributed by atoms with Crippen LogP contribution in [0.1, 0.15) is 23.2 Å². The number of anilines is 1. The summed E-state index contributed by atoms with van der Waals surface area (Å²) >= 11 is 2.76. The van der Waals surface area contributed by atoms with Crippen LogP contribution in [0.15, 0.2) is 58.6 Å². The van der Waals surface area contributed by atoms with Crippen LogP contribution in [0.25, 0.3) is 10.2 Å². The number of hydrogen-bond acceptors (Lipinski definition) is 7. The lowest BCUT2D eigenvalue weighted by Crippen LogP contribution is -2.28. The Morgan fingerprint density at radius 2 is 2.06 bits per heavy atom. The van der Waals surface area contributed by atoms with Crippen molar-refractivity contribution in [2.45, 2.75) is 30.8 Å². The molecule has 0 atom stereocenters. The van der Waals surface area contributed by atoms with Crippen LogP contribution in [0.5, 0.6) is 0 Å². The number of hydrogen-bond donors (Lipinski definition) is 1. The van der Waals surface area contributed by atoms with E-state index in [0.29, 0.717) is 16.7 Å². The van der Waals surface area contributed by atoms with E-state index in [4.69, 9.17) is 0 Å². The number of nitrogens with zero attached hydrogens (tertiary/aromatic N) is 4. The lowest BCUT2D eigenvalue weighted by atomic mass is 10.2. The maximum atomic E-state index is 12.7. The van der Waals surface area contributed by atoms with Crippen LogP contribution in [0.2, 0.25) is 0 Å². The van der Waals surface area contributed by atoms with Gasteiger partial charge in [-0.15, -0.1) is 0 Å². The van der Waals surface area contributed by atoms with Gasteiger partial charge in [0, 0.05) is 23.7 Å². The molecular weight excluding hydrogens is 430 g/mol. The number of benzene rings is 1. The molecule has 3 heterocycles. The summed E-state index contributed by atoms with van der Waals surface area (Å²) in [6.07, 6.45) is 6.19. The Morgan fingerprint density at radius 1 is 1.16 bits per heavy atom. The molecule has 0 fully saturated rings. The Kier molecular flexibility index (Phi) is 5.52. The van der Waals surface area contributed by atoms with Crippen molar-refractivity contribution in [2.75, 3.05) is 11.1 Å². The average Bonchev–Trinajstić information content (AvgIpc) is 3.42. The van der Waals surface area contributed by atoms with Crippen molar-refractivity contribution in [3.63, 3.8) is 0 Å². The minimum absolute atomic E-state index is 0.155. The van der Waals surface area contributed by atoms with Gasteiger partial charge in [0.1, 0.15) is 5.03 Å². The number of rotatable bonds is 6. The Hall–Kier alpha value is -3.04. The minimum atomic E-state index is -0.279. The summed E-state index contributed by atoms with van der Waals surface area (Å²) < 4.78 is 2.77. The standard InChI is InChI=1S/C22H19N5O2S2/c28-19(25-21-24-16-7-1-2-9-18(16)31-21)13-30-20-15-6-3-8-17(15)27(22(29)26-20)12-14-5-4-10-23-11-14/h1-2,4-5,7,9-11H,3,6,8,12-13H2,(H,24,25,28). The highest BCUT2D eigenvalue weighted by molar-refractivity contribution is 8.00. The molecule has 0 aliphatic heterocycles. The second-order valence-corrected chi connectivity index (χ2v) is 9.24. The maximum Gasteiger partial charge on any atom is 0.349 e. The molecule has 0 unspecified atom stereocenters. The van der Waals surface area contributed by atoms with Crippen LogP contribution in [0, 0.1) is 0 Å². The molecule has 1 aliphatic rings. The molecule has 31 heavy (non-hydrogen) atoms. The van der Waals surface area contributed by atoms with Gasteiger partial charge in [-0.05, 0) is 43.0 Å². The van der Waals surface area contributed by atoms with Crippen molar-refractivity contribution in [3.05, 3.63) is 76.1 Å². The zero-order valence-electron chi connectivity index (χ0n) is 16.6. The summed E-state index contributed by atoms with van der Waals surface area (Å²) in [5.74, 6) is 0.0265. The number of carbonyl (C=O) groups is 1. The lowest BCUT2D eigenvalue weighted by molar-refractivity contribution is -0.113. The molecule has 156 valence electrons. The molecule has 9 heteroatoms. The molecule has 1 aliphatic carbocycles. The van der Waals surface area contributed by atoms with Gasteiger partial charge in [-0.2, -0.15) is 4.98 Å². The third kappa shape index (κ3) is 4.24. The van der Waals surface area contributed by atoms with E-state index in [2.05, 4.69) is 20.3 Å². The summed E-state index contributed by atoms with van der Waals surface area (Å²) in [6.45, 7) is 0.463. The molecule has 0 saturated heterocycles. The molecule has 5 rings (SSSR count). The molecule has 7 nitrogen and oxygen atoms in total. The summed E-state index contributed by atoms with van der Waals surface area (Å²) in [5.41, 5.74) is 3.67. The fourth-order valence-corrected chi connectivity index (χ4v) is 5.52. The van der Waals surface area contributed by atoms with Crippen LogP contribution in [0.3, 0.4) is 0 Å². The molecule has 4 aromatic rings. The number of nitrogens with one attached hydrogen (secondary N) is 1. The van der Waals surface area contributed by atoms with E-state index in [9.17, 15) is 9.59 Å². The maximum absolute atomic E-state index is 12.7. The van der Waals surface area contributed by atoms with Gasteiger partial charge in [0.15, 0.2) is 5.13 Å². The molecule has 0 saturated carbocycles. The van der Waals surface area contributed by atoms with E-state index < -0.39 is 0 Å². The van der Waals surface area contributed by atoms with Crippen LogP contribution in [-0.4, -0.2) is 31.2 Å². The number of fused-ring (bicyclic) bond motifs is 2. The third-order valence-electron chi connectivity index (χ3n) is 5.14. The largest absolute Gasteiger partial charge is 0.349 e. The van der Waals surface area contributed by atoms with Gasteiger partial charge in [-0.3, -0.25) is 14.3 Å². The van der Waals surface area contributed by atoms with Crippen LogP contribution in [-0.2, 0) is 24.2 Å². The van der Waals surface area contributed by atoms with E-state index >= 15 is 0 Å². The number of amides is 1. The molecule has 1 aromatic carbocycles. The summed E-state index contributed by atoms with van der Waals surface area (Å²) in [6, 6.07) is 11.6. The first-order valence-corrected chi connectivity index (χ1v) is 11.8. The average molecular weight is 450 g/mol. The highest BCUT2D eigenvalue weighted by Gasteiger charge is 2.22. The van der Waals surface area contributed by atoms with Gasteiger partial charge < -0.3 is 5.32 Å². The molecular formula is C22H19N5O2S2. The van der Waals surface area contributed by atoms with E-state index in [1.807, 2.05) is 36.4 Å².